The summed E-state index contributed by atoms with van der Waals surface area (Å²) in [6.45, 7) is 5.32. The summed E-state index contributed by atoms with van der Waals surface area (Å²) >= 11 is 6.25. The highest BCUT2D eigenvalue weighted by molar-refractivity contribution is 6.33. The zero-order chi connectivity index (χ0) is 17.3. The van der Waals surface area contributed by atoms with Crippen molar-refractivity contribution in [3.63, 3.8) is 0 Å². The first-order valence-electron chi connectivity index (χ1n) is 8.16. The third kappa shape index (κ3) is 3.30. The zero-order valence-corrected chi connectivity index (χ0v) is 15.0. The third-order valence-electron chi connectivity index (χ3n) is 4.45. The molecule has 1 aliphatic heterocycles. The van der Waals surface area contributed by atoms with E-state index in [4.69, 9.17) is 11.6 Å². The van der Waals surface area contributed by atoms with E-state index in [0.717, 1.165) is 24.2 Å². The second kappa shape index (κ2) is 6.91. The Morgan fingerprint density at radius 3 is 2.58 bits per heavy atom. The molecule has 3 heterocycles. The molecule has 6 nitrogen and oxygen atoms in total. The normalized spacial score (nSPS) is 15.8. The first-order valence-corrected chi connectivity index (χ1v) is 8.54. The van der Waals surface area contributed by atoms with Gasteiger partial charge in [-0.2, -0.15) is 5.10 Å². The van der Waals surface area contributed by atoms with Gasteiger partial charge in [-0.05, 0) is 51.9 Å². The Morgan fingerprint density at radius 1 is 1.29 bits per heavy atom. The Bertz CT molecular complexity index is 749. The molecule has 1 saturated heterocycles. The van der Waals surface area contributed by atoms with Crippen molar-refractivity contribution >= 4 is 17.5 Å². The van der Waals surface area contributed by atoms with Crippen LogP contribution in [0.5, 0.6) is 0 Å². The van der Waals surface area contributed by atoms with Crippen LogP contribution in [0.2, 0.25) is 5.02 Å². The summed E-state index contributed by atoms with van der Waals surface area (Å²) in [6, 6.07) is 5.94. The van der Waals surface area contributed by atoms with Crippen molar-refractivity contribution in [3.05, 3.63) is 40.3 Å². The molecule has 24 heavy (non-hydrogen) atoms. The van der Waals surface area contributed by atoms with Crippen molar-refractivity contribution in [1.29, 1.82) is 0 Å². The van der Waals surface area contributed by atoms with Gasteiger partial charge in [-0.15, -0.1) is 0 Å². The second-order valence-electron chi connectivity index (χ2n) is 6.19. The van der Waals surface area contributed by atoms with Gasteiger partial charge >= 0.3 is 0 Å². The van der Waals surface area contributed by atoms with Crippen molar-refractivity contribution in [3.8, 4) is 5.82 Å². The number of nitrogens with one attached hydrogen (secondary N) is 1. The molecule has 0 aromatic carbocycles. The summed E-state index contributed by atoms with van der Waals surface area (Å²) in [6.07, 6.45) is 1.88. The van der Waals surface area contributed by atoms with E-state index >= 15 is 0 Å². The highest BCUT2D eigenvalue weighted by Crippen LogP contribution is 2.21. The molecule has 0 atom stereocenters. The number of likely N-dealkylation sites (tertiary alicyclic amines) is 1. The minimum Gasteiger partial charge on any atom is -0.337 e. The van der Waals surface area contributed by atoms with Gasteiger partial charge in [0, 0.05) is 24.8 Å². The molecule has 0 aliphatic carbocycles. The predicted octanol–water partition coefficient (Wildman–Crippen LogP) is 2.36. The summed E-state index contributed by atoms with van der Waals surface area (Å²) in [5.74, 6) is 0.497. The van der Waals surface area contributed by atoms with Crippen molar-refractivity contribution in [2.75, 3.05) is 20.1 Å². The Kier molecular flexibility index (Phi) is 4.87. The summed E-state index contributed by atoms with van der Waals surface area (Å²) in [5, 5.41) is 8.06. The third-order valence-corrected chi connectivity index (χ3v) is 4.76. The van der Waals surface area contributed by atoms with Gasteiger partial charge in [0.05, 0.1) is 10.7 Å². The quantitative estimate of drug-likeness (QED) is 0.925. The van der Waals surface area contributed by atoms with Gasteiger partial charge in [0.1, 0.15) is 5.69 Å². The van der Waals surface area contributed by atoms with E-state index in [1.165, 1.54) is 0 Å². The molecular weight excluding hydrogens is 326 g/mol. The van der Waals surface area contributed by atoms with Crippen molar-refractivity contribution < 1.29 is 4.79 Å². The van der Waals surface area contributed by atoms with Crippen molar-refractivity contribution in [2.45, 2.75) is 32.7 Å². The molecule has 0 saturated carbocycles. The number of rotatable bonds is 3. The Labute approximate surface area is 146 Å². The number of amides is 1. The first kappa shape index (κ1) is 16.9. The number of halogens is 1. The zero-order valence-electron chi connectivity index (χ0n) is 14.2. The maximum atomic E-state index is 12.8. The van der Waals surface area contributed by atoms with Crippen LogP contribution < -0.4 is 5.32 Å². The minimum atomic E-state index is -0.113. The van der Waals surface area contributed by atoms with Crippen LogP contribution in [0.15, 0.2) is 18.2 Å². The molecule has 0 unspecified atom stereocenters. The van der Waals surface area contributed by atoms with E-state index in [9.17, 15) is 4.79 Å². The molecule has 2 aromatic rings. The number of piperidine rings is 1. The number of hydrogen-bond acceptors (Lipinski definition) is 4. The highest BCUT2D eigenvalue weighted by atomic mass is 35.5. The lowest BCUT2D eigenvalue weighted by molar-refractivity contribution is 0.0701. The van der Waals surface area contributed by atoms with Crippen molar-refractivity contribution in [1.82, 2.24) is 25.0 Å². The van der Waals surface area contributed by atoms with E-state index < -0.39 is 0 Å². The van der Waals surface area contributed by atoms with E-state index in [0.29, 0.717) is 35.7 Å². The van der Waals surface area contributed by atoms with E-state index in [-0.39, 0.29) is 5.91 Å². The molecule has 1 amide bonds. The van der Waals surface area contributed by atoms with Crippen LogP contribution in [-0.2, 0) is 0 Å². The average Bonchev–Trinajstić information content (AvgIpc) is 2.93. The van der Waals surface area contributed by atoms with Gasteiger partial charge < -0.3 is 10.2 Å². The molecule has 0 spiro atoms. The molecule has 1 N–H and O–H groups in total. The highest BCUT2D eigenvalue weighted by Gasteiger charge is 2.25. The Hall–Kier alpha value is -1.92. The standard InChI is InChI=1S/C17H22ClN5O/c1-11-10-12(2)23(21-11)15-5-4-14(18)16(20-15)17(24)22-8-6-13(19-3)7-9-22/h4-5,10,13,19H,6-9H2,1-3H3. The van der Waals surface area contributed by atoms with Crippen LogP contribution in [0.1, 0.15) is 34.7 Å². The van der Waals surface area contributed by atoms with Crippen LogP contribution in [0, 0.1) is 13.8 Å². The number of nitrogens with zero attached hydrogens (tertiary/aromatic N) is 4. The maximum absolute atomic E-state index is 12.8. The molecule has 7 heteroatoms. The molecular formula is C17H22ClN5O. The molecule has 3 rings (SSSR count). The summed E-state index contributed by atoms with van der Waals surface area (Å²) in [7, 11) is 1.96. The summed E-state index contributed by atoms with van der Waals surface area (Å²) in [5.41, 5.74) is 2.17. The molecule has 2 aromatic heterocycles. The number of aromatic nitrogens is 3. The fourth-order valence-electron chi connectivity index (χ4n) is 3.08. The topological polar surface area (TPSA) is 63.1 Å². The Balaban J connectivity index is 1.87. The molecule has 1 fully saturated rings. The van der Waals surface area contributed by atoms with Crippen LogP contribution in [0.25, 0.3) is 5.82 Å². The lowest BCUT2D eigenvalue weighted by Gasteiger charge is -2.31. The van der Waals surface area contributed by atoms with E-state index in [1.807, 2.05) is 31.9 Å². The van der Waals surface area contributed by atoms with Crippen LogP contribution in [-0.4, -0.2) is 51.8 Å². The van der Waals surface area contributed by atoms with Crippen LogP contribution in [0.3, 0.4) is 0 Å². The van der Waals surface area contributed by atoms with Gasteiger partial charge in [0.25, 0.3) is 5.91 Å². The summed E-state index contributed by atoms with van der Waals surface area (Å²) < 4.78 is 1.73. The molecule has 0 radical (unpaired) electrons. The fraction of sp³-hybridized carbons (Fsp3) is 0.471. The molecule has 1 aliphatic rings. The molecule has 128 valence electrons. The van der Waals surface area contributed by atoms with Gasteiger partial charge in [-0.3, -0.25) is 4.79 Å². The van der Waals surface area contributed by atoms with E-state index in [2.05, 4.69) is 15.4 Å². The van der Waals surface area contributed by atoms with Crippen LogP contribution in [0.4, 0.5) is 0 Å². The number of hydrogen-bond donors (Lipinski definition) is 1. The van der Waals surface area contributed by atoms with Crippen molar-refractivity contribution in [2.24, 2.45) is 0 Å². The average molecular weight is 348 g/mol. The SMILES string of the molecule is CNC1CCN(C(=O)c2nc(-n3nc(C)cc3C)ccc2Cl)CC1. The predicted molar refractivity (Wildman–Crippen MR) is 93.8 cm³/mol. The largest absolute Gasteiger partial charge is 0.337 e. The van der Waals surface area contributed by atoms with Gasteiger partial charge in [-0.1, -0.05) is 11.6 Å². The lowest BCUT2D eigenvalue weighted by atomic mass is 10.1. The Morgan fingerprint density at radius 2 is 2.00 bits per heavy atom. The van der Waals surface area contributed by atoms with Gasteiger partial charge in [0.2, 0.25) is 0 Å². The smallest absolute Gasteiger partial charge is 0.274 e. The van der Waals surface area contributed by atoms with E-state index in [1.54, 1.807) is 16.8 Å². The first-order chi connectivity index (χ1) is 11.5. The summed E-state index contributed by atoms with van der Waals surface area (Å²) in [4.78, 5) is 19.1. The maximum Gasteiger partial charge on any atom is 0.274 e. The number of aryl methyl sites for hydroxylation is 2. The number of carbonyl (C=O) groups is 1. The number of carbonyl (C=O) groups excluding carboxylic acids is 1. The lowest BCUT2D eigenvalue weighted by Crippen LogP contribution is -2.44. The molecule has 0 bridgehead atoms. The number of pyridine rings is 1. The van der Waals surface area contributed by atoms with Crippen LogP contribution >= 0.6 is 11.6 Å². The fourth-order valence-corrected chi connectivity index (χ4v) is 3.27. The minimum absolute atomic E-state index is 0.113. The second-order valence-corrected chi connectivity index (χ2v) is 6.60. The van der Waals surface area contributed by atoms with Gasteiger partial charge in [0.15, 0.2) is 5.82 Å². The monoisotopic (exact) mass is 347 g/mol. The van der Waals surface area contributed by atoms with Gasteiger partial charge in [-0.25, -0.2) is 9.67 Å².